The Morgan fingerprint density at radius 3 is 2.39 bits per heavy atom. The number of hydrogen-bond acceptors (Lipinski definition) is 2. The summed E-state index contributed by atoms with van der Waals surface area (Å²) in [7, 11) is 3.63. The molecule has 0 aromatic heterocycles. The predicted molar refractivity (Wildman–Crippen MR) is 69.6 cm³/mol. The molecule has 1 heterocycles. The molecule has 1 aromatic carbocycles. The fraction of sp³-hybridized carbons (Fsp3) is 0.429. The molecule has 1 fully saturated rings. The van der Waals surface area contributed by atoms with E-state index in [-0.39, 0.29) is 17.9 Å². The maximum Gasteiger partial charge on any atom is 0.319 e. The van der Waals surface area contributed by atoms with E-state index in [2.05, 4.69) is 0 Å². The molecule has 96 valence electrons. The Balaban J connectivity index is 2.21. The fourth-order valence-electron chi connectivity index (χ4n) is 2.34. The molecule has 0 radical (unpaired) electrons. The average molecular weight is 246 g/mol. The molecule has 0 saturated carbocycles. The zero-order valence-corrected chi connectivity index (χ0v) is 11.0. The number of Topliss-reactive ketones (excluding diaryl/α,β-unsaturated/α-hetero) is 1. The van der Waals surface area contributed by atoms with Crippen molar-refractivity contribution in [1.29, 1.82) is 0 Å². The molecule has 1 aliphatic heterocycles. The fourth-order valence-corrected chi connectivity index (χ4v) is 2.34. The van der Waals surface area contributed by atoms with Crippen molar-refractivity contribution in [3.05, 3.63) is 35.4 Å². The first kappa shape index (κ1) is 12.6. The Morgan fingerprint density at radius 2 is 1.83 bits per heavy atom. The van der Waals surface area contributed by atoms with Gasteiger partial charge in [-0.1, -0.05) is 24.3 Å². The van der Waals surface area contributed by atoms with E-state index in [9.17, 15) is 9.59 Å². The second kappa shape index (κ2) is 4.80. The summed E-state index contributed by atoms with van der Waals surface area (Å²) in [6, 6.07) is 7.69. The number of carbonyl (C=O) groups excluding carboxylic acids is 2. The van der Waals surface area contributed by atoms with E-state index in [4.69, 9.17) is 0 Å². The second-order valence-electron chi connectivity index (χ2n) is 4.80. The Bertz CT molecular complexity index is 467. The highest BCUT2D eigenvalue weighted by Gasteiger charge is 2.29. The summed E-state index contributed by atoms with van der Waals surface area (Å²) >= 11 is 0. The predicted octanol–water partition coefficient (Wildman–Crippen LogP) is 2.32. The molecule has 1 aromatic rings. The Hall–Kier alpha value is -1.84. The summed E-state index contributed by atoms with van der Waals surface area (Å²) in [5, 5.41) is 0. The first-order chi connectivity index (χ1) is 8.50. The number of ketones is 1. The van der Waals surface area contributed by atoms with Gasteiger partial charge in [-0.05, 0) is 18.9 Å². The van der Waals surface area contributed by atoms with Gasteiger partial charge < -0.3 is 9.80 Å². The average Bonchev–Trinajstić information content (AvgIpc) is 2.36. The van der Waals surface area contributed by atoms with Crippen molar-refractivity contribution in [3.63, 3.8) is 0 Å². The molecule has 4 heteroatoms. The van der Waals surface area contributed by atoms with Gasteiger partial charge in [-0.15, -0.1) is 0 Å². The molecule has 4 nitrogen and oxygen atoms in total. The molecule has 1 saturated heterocycles. The van der Waals surface area contributed by atoms with Gasteiger partial charge in [-0.3, -0.25) is 4.79 Å². The van der Waals surface area contributed by atoms with Gasteiger partial charge in [0.2, 0.25) is 0 Å². The number of carbonyl (C=O) groups is 2. The summed E-state index contributed by atoms with van der Waals surface area (Å²) in [5.41, 5.74) is 1.80. The van der Waals surface area contributed by atoms with Crippen LogP contribution in [0, 0.1) is 0 Å². The van der Waals surface area contributed by atoms with Gasteiger partial charge in [0, 0.05) is 26.2 Å². The molecule has 0 unspecified atom stereocenters. The van der Waals surface area contributed by atoms with E-state index >= 15 is 0 Å². The van der Waals surface area contributed by atoms with Crippen molar-refractivity contribution in [2.45, 2.75) is 19.4 Å². The molecule has 2 amide bonds. The van der Waals surface area contributed by atoms with E-state index in [1.807, 2.05) is 38.4 Å². The lowest BCUT2D eigenvalue weighted by Gasteiger charge is -2.38. The Labute approximate surface area is 107 Å². The standard InChI is InChI=1S/C14H18N2O2/c1-10(17)11-4-6-12(7-5-11)13-8-9-15(2)14(18)16(13)3/h4-7,13H,8-9H2,1-3H3/t13-/m0/s1. The minimum atomic E-state index is 0.0434. The van der Waals surface area contributed by atoms with Crippen LogP contribution in [-0.4, -0.2) is 42.3 Å². The summed E-state index contributed by atoms with van der Waals surface area (Å²) in [6.07, 6.45) is 0.915. The van der Waals surface area contributed by atoms with Crippen molar-refractivity contribution in [1.82, 2.24) is 9.80 Å². The van der Waals surface area contributed by atoms with Crippen LogP contribution in [0.25, 0.3) is 0 Å². The Kier molecular flexibility index (Phi) is 3.36. The molecule has 18 heavy (non-hydrogen) atoms. The summed E-state index contributed by atoms with van der Waals surface area (Å²) in [5.74, 6) is 0.0642. The molecule has 0 N–H and O–H groups in total. The van der Waals surface area contributed by atoms with Crippen LogP contribution in [0.4, 0.5) is 4.79 Å². The number of rotatable bonds is 2. The maximum absolute atomic E-state index is 11.9. The third kappa shape index (κ3) is 2.23. The topological polar surface area (TPSA) is 40.6 Å². The molecule has 0 aliphatic carbocycles. The largest absolute Gasteiger partial charge is 0.328 e. The lowest BCUT2D eigenvalue weighted by molar-refractivity contribution is 0.101. The minimum absolute atomic E-state index is 0.0434. The van der Waals surface area contributed by atoms with Gasteiger partial charge in [0.25, 0.3) is 0 Å². The van der Waals surface area contributed by atoms with Crippen LogP contribution >= 0.6 is 0 Å². The van der Waals surface area contributed by atoms with Crippen LogP contribution in [0.3, 0.4) is 0 Å². The monoisotopic (exact) mass is 246 g/mol. The molecule has 1 atom stereocenters. The van der Waals surface area contributed by atoms with E-state index < -0.39 is 0 Å². The third-order valence-electron chi connectivity index (χ3n) is 3.54. The highest BCUT2D eigenvalue weighted by molar-refractivity contribution is 5.94. The van der Waals surface area contributed by atoms with Crippen LogP contribution in [0.1, 0.15) is 35.3 Å². The number of nitrogens with zero attached hydrogens (tertiary/aromatic N) is 2. The molecular weight excluding hydrogens is 228 g/mol. The number of amides is 2. The summed E-state index contributed by atoms with van der Waals surface area (Å²) in [4.78, 5) is 26.6. The van der Waals surface area contributed by atoms with Crippen molar-refractivity contribution < 1.29 is 9.59 Å². The Morgan fingerprint density at radius 1 is 1.22 bits per heavy atom. The SMILES string of the molecule is CC(=O)c1ccc([C@@H]2CCN(C)C(=O)N2C)cc1. The second-order valence-corrected chi connectivity index (χ2v) is 4.80. The molecule has 0 bridgehead atoms. The summed E-state index contributed by atoms with van der Waals surface area (Å²) < 4.78 is 0. The first-order valence-electron chi connectivity index (χ1n) is 6.09. The van der Waals surface area contributed by atoms with Gasteiger partial charge in [-0.2, -0.15) is 0 Å². The van der Waals surface area contributed by atoms with E-state index in [1.54, 1.807) is 16.7 Å². The quantitative estimate of drug-likeness (QED) is 0.751. The van der Waals surface area contributed by atoms with E-state index in [1.165, 1.54) is 0 Å². The van der Waals surface area contributed by atoms with Crippen LogP contribution in [0.5, 0.6) is 0 Å². The van der Waals surface area contributed by atoms with Crippen LogP contribution in [-0.2, 0) is 0 Å². The molecule has 2 rings (SSSR count). The van der Waals surface area contributed by atoms with Gasteiger partial charge in [0.1, 0.15) is 0 Å². The molecule has 1 aliphatic rings. The van der Waals surface area contributed by atoms with E-state index in [0.717, 1.165) is 18.5 Å². The minimum Gasteiger partial charge on any atom is -0.328 e. The van der Waals surface area contributed by atoms with Gasteiger partial charge in [0.05, 0.1) is 6.04 Å². The molecular formula is C14H18N2O2. The van der Waals surface area contributed by atoms with Crippen LogP contribution in [0.2, 0.25) is 0 Å². The van der Waals surface area contributed by atoms with Crippen LogP contribution < -0.4 is 0 Å². The van der Waals surface area contributed by atoms with Crippen LogP contribution in [0.15, 0.2) is 24.3 Å². The first-order valence-corrected chi connectivity index (χ1v) is 6.09. The zero-order chi connectivity index (χ0) is 13.3. The molecule has 0 spiro atoms. The van der Waals surface area contributed by atoms with Gasteiger partial charge in [0.15, 0.2) is 5.78 Å². The lowest BCUT2D eigenvalue weighted by Crippen LogP contribution is -2.46. The lowest BCUT2D eigenvalue weighted by atomic mass is 9.98. The maximum atomic E-state index is 11.9. The van der Waals surface area contributed by atoms with Crippen molar-refractivity contribution in [2.75, 3.05) is 20.6 Å². The van der Waals surface area contributed by atoms with Crippen molar-refractivity contribution in [3.8, 4) is 0 Å². The smallest absolute Gasteiger partial charge is 0.319 e. The van der Waals surface area contributed by atoms with Gasteiger partial charge >= 0.3 is 6.03 Å². The third-order valence-corrected chi connectivity index (χ3v) is 3.54. The van der Waals surface area contributed by atoms with Crippen molar-refractivity contribution in [2.24, 2.45) is 0 Å². The van der Waals surface area contributed by atoms with E-state index in [0.29, 0.717) is 5.56 Å². The highest BCUT2D eigenvalue weighted by Crippen LogP contribution is 2.28. The number of hydrogen-bond donors (Lipinski definition) is 0. The summed E-state index contributed by atoms with van der Waals surface area (Å²) in [6.45, 7) is 2.32. The van der Waals surface area contributed by atoms with Crippen molar-refractivity contribution >= 4 is 11.8 Å². The number of urea groups is 1. The number of benzene rings is 1. The normalized spacial score (nSPS) is 20.2. The zero-order valence-electron chi connectivity index (χ0n) is 11.0. The van der Waals surface area contributed by atoms with Gasteiger partial charge in [-0.25, -0.2) is 4.79 Å². The highest BCUT2D eigenvalue weighted by atomic mass is 16.2.